The molecule has 3 atom stereocenters. The van der Waals surface area contributed by atoms with Gasteiger partial charge in [-0.2, -0.15) is 5.10 Å². The largest absolute Gasteiger partial charge is 0.376 e. The Morgan fingerprint density at radius 2 is 2.21 bits per heavy atom. The smallest absolute Gasteiger partial charge is 0.314 e. The summed E-state index contributed by atoms with van der Waals surface area (Å²) in [5.74, 6) is -1.26. The van der Waals surface area contributed by atoms with Crippen LogP contribution >= 0.6 is 0 Å². The maximum atomic E-state index is 12.3. The van der Waals surface area contributed by atoms with E-state index in [0.717, 1.165) is 25.7 Å². The molecule has 0 spiro atoms. The van der Waals surface area contributed by atoms with E-state index in [4.69, 9.17) is 4.74 Å². The molecule has 0 saturated carbocycles. The molecule has 3 amide bonds. The number of hydrogen-bond donors (Lipinski definition) is 4. The van der Waals surface area contributed by atoms with Gasteiger partial charge in [-0.25, -0.2) is 4.68 Å². The van der Waals surface area contributed by atoms with Crippen molar-refractivity contribution in [3.05, 3.63) is 11.8 Å². The predicted molar refractivity (Wildman–Crippen MR) is 101 cm³/mol. The van der Waals surface area contributed by atoms with E-state index in [9.17, 15) is 14.4 Å². The standard InChI is InChI=1S/C18H28N6O4/c1-3-5-12-9-15(25)22-18(20-12)24-14(8-11(2)23-24)21-17(27)16(26)19-10-13-6-4-7-28-13/h8,12-13,18,20H,3-7,9-10H2,1-2H3,(H,19,26)(H,21,27)(H,22,25). The van der Waals surface area contributed by atoms with E-state index < -0.39 is 18.1 Å². The Bertz CT molecular complexity index is 728. The van der Waals surface area contributed by atoms with Crippen LogP contribution in [0.15, 0.2) is 6.07 Å². The Balaban J connectivity index is 1.63. The lowest BCUT2D eigenvalue weighted by molar-refractivity contribution is -0.136. The van der Waals surface area contributed by atoms with Gasteiger partial charge in [-0.05, 0) is 26.2 Å². The van der Waals surface area contributed by atoms with Gasteiger partial charge in [0.25, 0.3) is 0 Å². The molecule has 0 bridgehead atoms. The Labute approximate surface area is 163 Å². The first-order valence-corrected chi connectivity index (χ1v) is 9.78. The van der Waals surface area contributed by atoms with Crippen LogP contribution < -0.4 is 21.3 Å². The maximum Gasteiger partial charge on any atom is 0.314 e. The number of amides is 3. The van der Waals surface area contributed by atoms with Crippen LogP contribution in [-0.2, 0) is 19.1 Å². The molecule has 2 aliphatic heterocycles. The minimum Gasteiger partial charge on any atom is -0.376 e. The Morgan fingerprint density at radius 3 is 2.93 bits per heavy atom. The summed E-state index contributed by atoms with van der Waals surface area (Å²) in [4.78, 5) is 36.4. The summed E-state index contributed by atoms with van der Waals surface area (Å²) >= 11 is 0. The second-order valence-electron chi connectivity index (χ2n) is 7.24. The number of hydrogen-bond acceptors (Lipinski definition) is 6. The van der Waals surface area contributed by atoms with Crippen LogP contribution in [0.4, 0.5) is 5.82 Å². The fourth-order valence-electron chi connectivity index (χ4n) is 3.50. The highest BCUT2D eigenvalue weighted by Gasteiger charge is 2.29. The molecule has 1 aromatic rings. The van der Waals surface area contributed by atoms with E-state index in [2.05, 4.69) is 33.3 Å². The normalized spacial score (nSPS) is 24.6. The zero-order valence-electron chi connectivity index (χ0n) is 16.3. The van der Waals surface area contributed by atoms with Crippen molar-refractivity contribution in [3.63, 3.8) is 0 Å². The number of nitrogens with zero attached hydrogens (tertiary/aromatic N) is 2. The van der Waals surface area contributed by atoms with Gasteiger partial charge < -0.3 is 20.7 Å². The molecule has 10 nitrogen and oxygen atoms in total. The molecule has 2 saturated heterocycles. The predicted octanol–water partition coefficient (Wildman–Crippen LogP) is 0.160. The van der Waals surface area contributed by atoms with Crippen molar-refractivity contribution >= 4 is 23.5 Å². The number of carbonyl (C=O) groups excluding carboxylic acids is 3. The van der Waals surface area contributed by atoms with Crippen LogP contribution in [0.5, 0.6) is 0 Å². The highest BCUT2D eigenvalue weighted by molar-refractivity contribution is 6.39. The number of aromatic nitrogens is 2. The van der Waals surface area contributed by atoms with Gasteiger partial charge in [0.2, 0.25) is 5.91 Å². The van der Waals surface area contributed by atoms with Crippen molar-refractivity contribution in [2.75, 3.05) is 18.5 Å². The summed E-state index contributed by atoms with van der Waals surface area (Å²) in [6, 6.07) is 1.69. The average molecular weight is 392 g/mol. The summed E-state index contributed by atoms with van der Waals surface area (Å²) in [6.45, 7) is 4.83. The van der Waals surface area contributed by atoms with Gasteiger partial charge in [0.1, 0.15) is 5.82 Å². The van der Waals surface area contributed by atoms with Crippen molar-refractivity contribution in [1.29, 1.82) is 0 Å². The van der Waals surface area contributed by atoms with Gasteiger partial charge in [-0.15, -0.1) is 0 Å². The van der Waals surface area contributed by atoms with E-state index in [1.165, 1.54) is 4.68 Å². The monoisotopic (exact) mass is 392 g/mol. The molecule has 2 fully saturated rings. The molecular formula is C18H28N6O4. The van der Waals surface area contributed by atoms with Crippen LogP contribution in [0, 0.1) is 6.92 Å². The molecule has 0 aliphatic carbocycles. The number of anilines is 1. The summed E-state index contributed by atoms with van der Waals surface area (Å²) in [6.07, 6.45) is 3.42. The highest BCUT2D eigenvalue weighted by Crippen LogP contribution is 2.18. The molecule has 2 aliphatic rings. The second kappa shape index (κ2) is 9.16. The second-order valence-corrected chi connectivity index (χ2v) is 7.24. The molecule has 3 heterocycles. The first kappa shape index (κ1) is 20.3. The average Bonchev–Trinajstić information content (AvgIpc) is 3.29. The first-order valence-electron chi connectivity index (χ1n) is 9.78. The molecule has 3 unspecified atom stereocenters. The third-order valence-corrected chi connectivity index (χ3v) is 4.82. The van der Waals surface area contributed by atoms with E-state index in [1.807, 2.05) is 0 Å². The van der Waals surface area contributed by atoms with E-state index >= 15 is 0 Å². The molecule has 10 heteroatoms. The van der Waals surface area contributed by atoms with E-state index in [-0.39, 0.29) is 18.1 Å². The van der Waals surface area contributed by atoms with Crippen LogP contribution in [0.1, 0.15) is 51.0 Å². The zero-order chi connectivity index (χ0) is 20.1. The molecule has 154 valence electrons. The van der Waals surface area contributed by atoms with Crippen LogP contribution in [0.25, 0.3) is 0 Å². The first-order chi connectivity index (χ1) is 13.5. The van der Waals surface area contributed by atoms with Gasteiger partial charge in [-0.1, -0.05) is 13.3 Å². The fourth-order valence-corrected chi connectivity index (χ4v) is 3.50. The molecule has 3 rings (SSSR count). The Morgan fingerprint density at radius 1 is 1.39 bits per heavy atom. The summed E-state index contributed by atoms with van der Waals surface area (Å²) < 4.78 is 6.92. The van der Waals surface area contributed by atoms with E-state index in [1.54, 1.807) is 13.0 Å². The van der Waals surface area contributed by atoms with Crippen molar-refractivity contribution in [3.8, 4) is 0 Å². The van der Waals surface area contributed by atoms with Crippen molar-refractivity contribution < 1.29 is 19.1 Å². The zero-order valence-corrected chi connectivity index (χ0v) is 16.3. The summed E-state index contributed by atoms with van der Waals surface area (Å²) in [5.41, 5.74) is 0.656. The number of carbonyl (C=O) groups is 3. The molecular weight excluding hydrogens is 364 g/mol. The number of aryl methyl sites for hydroxylation is 1. The van der Waals surface area contributed by atoms with Crippen LogP contribution in [-0.4, -0.2) is 52.8 Å². The fraction of sp³-hybridized carbons (Fsp3) is 0.667. The quantitative estimate of drug-likeness (QED) is 0.511. The van der Waals surface area contributed by atoms with Gasteiger partial charge >= 0.3 is 11.8 Å². The maximum absolute atomic E-state index is 12.3. The summed E-state index contributed by atoms with van der Waals surface area (Å²) in [5, 5.41) is 15.7. The minimum atomic E-state index is -0.786. The third-order valence-electron chi connectivity index (χ3n) is 4.82. The lowest BCUT2D eigenvalue weighted by Crippen LogP contribution is -2.53. The minimum absolute atomic E-state index is 0.0338. The Hall–Kier alpha value is -2.46. The molecule has 28 heavy (non-hydrogen) atoms. The lowest BCUT2D eigenvalue weighted by atomic mass is 10.1. The van der Waals surface area contributed by atoms with Crippen molar-refractivity contribution in [2.45, 2.75) is 64.4 Å². The van der Waals surface area contributed by atoms with Crippen molar-refractivity contribution in [1.82, 2.24) is 25.7 Å². The van der Waals surface area contributed by atoms with Gasteiger partial charge in [0.15, 0.2) is 6.29 Å². The number of ether oxygens (including phenoxy) is 1. The van der Waals surface area contributed by atoms with Crippen LogP contribution in [0.3, 0.4) is 0 Å². The third kappa shape index (κ3) is 5.08. The lowest BCUT2D eigenvalue weighted by Gasteiger charge is -2.32. The SMILES string of the molecule is CCCC1CC(=O)NC(n2nc(C)cc2NC(=O)C(=O)NCC2CCCO2)N1. The molecule has 0 aromatic carbocycles. The topological polar surface area (TPSA) is 126 Å². The Kier molecular flexibility index (Phi) is 6.63. The van der Waals surface area contributed by atoms with Crippen molar-refractivity contribution in [2.24, 2.45) is 0 Å². The van der Waals surface area contributed by atoms with Gasteiger partial charge in [0.05, 0.1) is 11.8 Å². The highest BCUT2D eigenvalue weighted by atomic mass is 16.5. The molecule has 1 aromatic heterocycles. The number of nitrogens with one attached hydrogen (secondary N) is 4. The molecule has 4 N–H and O–H groups in total. The van der Waals surface area contributed by atoms with Gasteiger partial charge in [0, 0.05) is 31.7 Å². The number of rotatable bonds is 6. The summed E-state index contributed by atoms with van der Waals surface area (Å²) in [7, 11) is 0. The van der Waals surface area contributed by atoms with E-state index in [0.29, 0.717) is 31.1 Å². The van der Waals surface area contributed by atoms with Gasteiger partial charge in [-0.3, -0.25) is 19.7 Å². The molecule has 0 radical (unpaired) electrons. The van der Waals surface area contributed by atoms with Crippen LogP contribution in [0.2, 0.25) is 0 Å².